The number of aromatic nitrogens is 1. The van der Waals surface area contributed by atoms with E-state index in [0.29, 0.717) is 5.56 Å². The van der Waals surface area contributed by atoms with Crippen molar-refractivity contribution >= 4 is 11.8 Å². The number of aromatic carboxylic acids is 1. The van der Waals surface area contributed by atoms with Crippen LogP contribution in [-0.4, -0.2) is 23.1 Å². The third-order valence-electron chi connectivity index (χ3n) is 3.33. The van der Waals surface area contributed by atoms with Crippen LogP contribution in [0.15, 0.2) is 36.5 Å². The van der Waals surface area contributed by atoms with Crippen molar-refractivity contribution in [2.75, 3.05) is 11.9 Å². The molecule has 21 heavy (non-hydrogen) atoms. The lowest BCUT2D eigenvalue weighted by atomic mass is 10.1. The highest BCUT2D eigenvalue weighted by atomic mass is 19.1. The van der Waals surface area contributed by atoms with Crippen LogP contribution in [0.1, 0.15) is 28.9 Å². The highest BCUT2D eigenvalue weighted by Gasteiger charge is 2.22. The first-order valence-corrected chi connectivity index (χ1v) is 6.28. The molecule has 0 aliphatic rings. The van der Waals surface area contributed by atoms with Crippen LogP contribution in [0, 0.1) is 11.6 Å². The van der Waals surface area contributed by atoms with Crippen LogP contribution in [0.5, 0.6) is 0 Å². The quantitative estimate of drug-likeness (QED) is 0.939. The normalized spacial score (nSPS) is 12.0. The van der Waals surface area contributed by atoms with E-state index in [1.807, 2.05) is 0 Å². The summed E-state index contributed by atoms with van der Waals surface area (Å²) in [7, 11) is 1.59. The monoisotopic (exact) mass is 292 g/mol. The van der Waals surface area contributed by atoms with Gasteiger partial charge in [0.15, 0.2) is 0 Å². The molecule has 0 spiro atoms. The van der Waals surface area contributed by atoms with Gasteiger partial charge in [-0.3, -0.25) is 0 Å². The molecule has 2 rings (SSSR count). The highest BCUT2D eigenvalue weighted by Crippen LogP contribution is 2.28. The molecule has 0 aliphatic heterocycles. The maximum Gasteiger partial charge on any atom is 0.339 e. The third-order valence-corrected chi connectivity index (χ3v) is 3.33. The second kappa shape index (κ2) is 5.87. The molecule has 1 unspecified atom stereocenters. The van der Waals surface area contributed by atoms with Crippen LogP contribution in [0.2, 0.25) is 0 Å². The molecule has 6 heteroatoms. The smallest absolute Gasteiger partial charge is 0.339 e. The summed E-state index contributed by atoms with van der Waals surface area (Å²) in [5.74, 6) is -2.33. The minimum Gasteiger partial charge on any atom is -0.478 e. The van der Waals surface area contributed by atoms with E-state index >= 15 is 0 Å². The standard InChI is InChI=1S/C15H14F2N2O2/c1-9(11-5-3-4-6-13(11)17)19(2)14-12(15(20)21)7-10(16)8-18-14/h3-9H,1-2H3,(H,20,21). The Bertz CT molecular complexity index is 676. The van der Waals surface area contributed by atoms with Crippen molar-refractivity contribution in [2.45, 2.75) is 13.0 Å². The molecule has 2 aromatic rings. The number of halogens is 2. The minimum atomic E-state index is -1.29. The van der Waals surface area contributed by atoms with E-state index in [2.05, 4.69) is 4.98 Å². The second-order valence-corrected chi connectivity index (χ2v) is 4.64. The molecule has 110 valence electrons. The molecular weight excluding hydrogens is 278 g/mol. The second-order valence-electron chi connectivity index (χ2n) is 4.64. The number of hydrogen-bond acceptors (Lipinski definition) is 3. The van der Waals surface area contributed by atoms with Gasteiger partial charge >= 0.3 is 5.97 Å². The first-order chi connectivity index (χ1) is 9.91. The van der Waals surface area contributed by atoms with Crippen LogP contribution < -0.4 is 4.90 Å². The molecule has 1 N–H and O–H groups in total. The zero-order valence-corrected chi connectivity index (χ0v) is 11.5. The molecule has 0 aliphatic carbocycles. The number of carbonyl (C=O) groups is 1. The number of carboxylic acid groups (broad SMARTS) is 1. The maximum absolute atomic E-state index is 13.8. The number of nitrogens with zero attached hydrogens (tertiary/aromatic N) is 2. The Balaban J connectivity index is 2.43. The third kappa shape index (κ3) is 2.99. The fraction of sp³-hybridized carbons (Fsp3) is 0.200. The molecule has 0 saturated heterocycles. The largest absolute Gasteiger partial charge is 0.478 e. The van der Waals surface area contributed by atoms with Crippen molar-refractivity contribution < 1.29 is 18.7 Å². The molecule has 1 aromatic carbocycles. The van der Waals surface area contributed by atoms with Crippen LogP contribution in [0.4, 0.5) is 14.6 Å². The molecule has 0 fully saturated rings. The van der Waals surface area contributed by atoms with Gasteiger partial charge in [-0.1, -0.05) is 18.2 Å². The van der Waals surface area contributed by atoms with E-state index in [0.717, 1.165) is 12.3 Å². The summed E-state index contributed by atoms with van der Waals surface area (Å²) in [6.07, 6.45) is 0.937. The van der Waals surface area contributed by atoms with E-state index < -0.39 is 23.6 Å². The minimum absolute atomic E-state index is 0.0830. The Morgan fingerprint density at radius 2 is 2.00 bits per heavy atom. The van der Waals surface area contributed by atoms with E-state index in [-0.39, 0.29) is 11.4 Å². The number of pyridine rings is 1. The number of carboxylic acids is 1. The first-order valence-electron chi connectivity index (χ1n) is 6.28. The Kier molecular flexibility index (Phi) is 4.16. The molecule has 0 bridgehead atoms. The fourth-order valence-corrected chi connectivity index (χ4v) is 2.08. The van der Waals surface area contributed by atoms with Gasteiger partial charge in [-0.05, 0) is 19.1 Å². The SMILES string of the molecule is CC(c1ccccc1F)N(C)c1ncc(F)cc1C(=O)O. The molecular formula is C15H14F2N2O2. The summed E-state index contributed by atoms with van der Waals surface area (Å²) in [4.78, 5) is 16.5. The molecule has 1 atom stereocenters. The molecule has 0 amide bonds. The predicted octanol–water partition coefficient (Wildman–Crippen LogP) is 3.26. The van der Waals surface area contributed by atoms with Crippen LogP contribution in [0.3, 0.4) is 0 Å². The Labute approximate surface area is 120 Å². The Morgan fingerprint density at radius 1 is 1.33 bits per heavy atom. The van der Waals surface area contributed by atoms with Gasteiger partial charge in [-0.15, -0.1) is 0 Å². The average molecular weight is 292 g/mol. The van der Waals surface area contributed by atoms with Gasteiger partial charge < -0.3 is 10.0 Å². The van der Waals surface area contributed by atoms with Crippen molar-refractivity contribution in [3.63, 3.8) is 0 Å². The van der Waals surface area contributed by atoms with Gasteiger partial charge in [0.25, 0.3) is 0 Å². The van der Waals surface area contributed by atoms with Crippen LogP contribution >= 0.6 is 0 Å². The van der Waals surface area contributed by atoms with Crippen LogP contribution in [0.25, 0.3) is 0 Å². The van der Waals surface area contributed by atoms with Crippen LogP contribution in [-0.2, 0) is 0 Å². The fourth-order valence-electron chi connectivity index (χ4n) is 2.08. The van der Waals surface area contributed by atoms with Gasteiger partial charge in [0.1, 0.15) is 23.0 Å². The summed E-state index contributed by atoms with van der Waals surface area (Å²) in [6, 6.07) is 6.65. The number of benzene rings is 1. The topological polar surface area (TPSA) is 53.4 Å². The molecule has 1 aromatic heterocycles. The summed E-state index contributed by atoms with van der Waals surface area (Å²) in [5.41, 5.74) is 0.142. The molecule has 4 nitrogen and oxygen atoms in total. The maximum atomic E-state index is 13.8. The first kappa shape index (κ1) is 14.9. The van der Waals surface area contributed by atoms with Crippen molar-refractivity contribution in [1.29, 1.82) is 0 Å². The summed E-state index contributed by atoms with van der Waals surface area (Å²) in [6.45, 7) is 1.72. The average Bonchev–Trinajstić information content (AvgIpc) is 2.46. The predicted molar refractivity (Wildman–Crippen MR) is 74.4 cm³/mol. The summed E-state index contributed by atoms with van der Waals surface area (Å²) >= 11 is 0. The Morgan fingerprint density at radius 3 is 2.62 bits per heavy atom. The highest BCUT2D eigenvalue weighted by molar-refractivity contribution is 5.93. The number of hydrogen-bond donors (Lipinski definition) is 1. The zero-order valence-electron chi connectivity index (χ0n) is 11.5. The van der Waals surface area contributed by atoms with E-state index in [1.165, 1.54) is 11.0 Å². The van der Waals surface area contributed by atoms with Gasteiger partial charge in [0.2, 0.25) is 0 Å². The lowest BCUT2D eigenvalue weighted by molar-refractivity contribution is 0.0696. The van der Waals surface area contributed by atoms with Crippen molar-refractivity contribution in [1.82, 2.24) is 4.98 Å². The van der Waals surface area contributed by atoms with Crippen molar-refractivity contribution in [3.8, 4) is 0 Å². The van der Waals surface area contributed by atoms with Gasteiger partial charge in [-0.2, -0.15) is 0 Å². The number of anilines is 1. The molecule has 1 heterocycles. The van der Waals surface area contributed by atoms with Crippen molar-refractivity contribution in [2.24, 2.45) is 0 Å². The van der Waals surface area contributed by atoms with Gasteiger partial charge in [0, 0.05) is 12.6 Å². The van der Waals surface area contributed by atoms with Gasteiger partial charge in [-0.25, -0.2) is 18.6 Å². The molecule has 0 radical (unpaired) electrons. The lowest BCUT2D eigenvalue weighted by Gasteiger charge is -2.27. The van der Waals surface area contributed by atoms with Gasteiger partial charge in [0.05, 0.1) is 12.2 Å². The van der Waals surface area contributed by atoms with Crippen molar-refractivity contribution in [3.05, 3.63) is 59.3 Å². The molecule has 0 saturated carbocycles. The Hall–Kier alpha value is -2.50. The summed E-state index contributed by atoms with van der Waals surface area (Å²) in [5, 5.41) is 9.14. The van der Waals surface area contributed by atoms with E-state index in [4.69, 9.17) is 5.11 Å². The zero-order chi connectivity index (χ0) is 15.6. The lowest BCUT2D eigenvalue weighted by Crippen LogP contribution is -2.25. The summed E-state index contributed by atoms with van der Waals surface area (Å²) < 4.78 is 27.0. The van der Waals surface area contributed by atoms with E-state index in [9.17, 15) is 13.6 Å². The van der Waals surface area contributed by atoms with E-state index in [1.54, 1.807) is 32.2 Å². The number of rotatable bonds is 4.